The lowest BCUT2D eigenvalue weighted by Gasteiger charge is -2.20. The van der Waals surface area contributed by atoms with Gasteiger partial charge in [0.05, 0.1) is 7.11 Å². The van der Waals surface area contributed by atoms with E-state index in [1.807, 2.05) is 36.0 Å². The van der Waals surface area contributed by atoms with Gasteiger partial charge in [-0.15, -0.1) is 0 Å². The third kappa shape index (κ3) is 3.01. The van der Waals surface area contributed by atoms with Gasteiger partial charge in [0.15, 0.2) is 0 Å². The molecule has 4 aromatic rings. The van der Waals surface area contributed by atoms with Crippen LogP contribution in [0.25, 0.3) is 10.8 Å². The lowest BCUT2D eigenvalue weighted by Crippen LogP contribution is -2.14. The van der Waals surface area contributed by atoms with Gasteiger partial charge < -0.3 is 14.3 Å². The summed E-state index contributed by atoms with van der Waals surface area (Å²) in [6.07, 6.45) is 5.84. The molecule has 26 heavy (non-hydrogen) atoms. The molecule has 2 aromatic heterocycles. The normalized spacial score (nSPS) is 12.5. The average Bonchev–Trinajstić information content (AvgIpc) is 3.21. The maximum Gasteiger partial charge on any atom is 0.134 e. The molecule has 4 nitrogen and oxygen atoms in total. The lowest BCUT2D eigenvalue weighted by atomic mass is 10.0. The number of hydrogen-bond acceptors (Lipinski definition) is 2. The van der Waals surface area contributed by atoms with E-state index in [9.17, 15) is 4.39 Å². The first-order valence-electron chi connectivity index (χ1n) is 8.17. The second-order valence-corrected chi connectivity index (χ2v) is 7.13. The van der Waals surface area contributed by atoms with Crippen LogP contribution in [0, 0.1) is 12.7 Å². The predicted octanol–water partition coefficient (Wildman–Crippen LogP) is 5.22. The van der Waals surface area contributed by atoms with Gasteiger partial charge in [0.25, 0.3) is 0 Å². The smallest absolute Gasteiger partial charge is 0.134 e. The van der Waals surface area contributed by atoms with Crippen molar-refractivity contribution in [3.05, 3.63) is 82.4 Å². The maximum absolute atomic E-state index is 14.0. The van der Waals surface area contributed by atoms with Crippen LogP contribution in [-0.4, -0.2) is 21.6 Å². The molecule has 0 bridgehead atoms. The first-order chi connectivity index (χ1) is 12.5. The van der Waals surface area contributed by atoms with Crippen molar-refractivity contribution in [2.24, 2.45) is 0 Å². The summed E-state index contributed by atoms with van der Waals surface area (Å²) in [7, 11) is 1.59. The highest BCUT2D eigenvalue weighted by Crippen LogP contribution is 2.34. The molecule has 1 atom stereocenters. The van der Waals surface area contributed by atoms with Gasteiger partial charge in [-0.25, -0.2) is 9.37 Å². The van der Waals surface area contributed by atoms with Crippen molar-refractivity contribution in [1.29, 1.82) is 0 Å². The fraction of sp³-hybridized carbons (Fsp3) is 0.150. The van der Waals surface area contributed by atoms with Crippen molar-refractivity contribution in [2.45, 2.75) is 13.0 Å². The molecule has 0 aliphatic carbocycles. The Morgan fingerprint density at radius 2 is 1.96 bits per heavy atom. The van der Waals surface area contributed by atoms with Crippen LogP contribution >= 0.6 is 15.9 Å². The number of H-pyrrole nitrogens is 1. The zero-order valence-electron chi connectivity index (χ0n) is 14.3. The quantitative estimate of drug-likeness (QED) is 0.498. The predicted molar refractivity (Wildman–Crippen MR) is 103 cm³/mol. The summed E-state index contributed by atoms with van der Waals surface area (Å²) in [5, 5.41) is 2.18. The lowest BCUT2D eigenvalue weighted by molar-refractivity contribution is 0.402. The van der Waals surface area contributed by atoms with Gasteiger partial charge in [0.2, 0.25) is 0 Å². The molecule has 4 rings (SSSR count). The zero-order chi connectivity index (χ0) is 18.3. The van der Waals surface area contributed by atoms with Gasteiger partial charge in [-0.3, -0.25) is 0 Å². The van der Waals surface area contributed by atoms with Gasteiger partial charge in [0.1, 0.15) is 23.4 Å². The van der Waals surface area contributed by atoms with Crippen LogP contribution in [-0.2, 0) is 0 Å². The Kier molecular flexibility index (Phi) is 4.28. The van der Waals surface area contributed by atoms with Gasteiger partial charge in [-0.2, -0.15) is 0 Å². The molecule has 1 unspecified atom stereocenters. The fourth-order valence-electron chi connectivity index (χ4n) is 3.22. The molecule has 0 saturated heterocycles. The standard InChI is InChI=1S/C20H17BrFN3O/c1-12-9-23-20(24-12)19(17-8-16(22)5-6-18(17)26-2)25-10-13-3-4-15(21)7-14(13)11-25/h3-11,19H,1-2H3,(H,23,24). The third-order valence-electron chi connectivity index (χ3n) is 4.39. The number of halogens is 2. The number of benzene rings is 2. The van der Waals surface area contributed by atoms with E-state index < -0.39 is 0 Å². The first-order valence-corrected chi connectivity index (χ1v) is 8.96. The van der Waals surface area contributed by atoms with Gasteiger partial charge >= 0.3 is 0 Å². The number of aryl methyl sites for hydroxylation is 1. The minimum absolute atomic E-state index is 0.312. The highest BCUT2D eigenvalue weighted by Gasteiger charge is 2.24. The Bertz CT molecular complexity index is 1090. The van der Waals surface area contributed by atoms with Gasteiger partial charge in [-0.05, 0) is 42.6 Å². The summed E-state index contributed by atoms with van der Waals surface area (Å²) in [5.41, 5.74) is 1.65. The molecule has 6 heteroatoms. The van der Waals surface area contributed by atoms with Crippen molar-refractivity contribution in [3.63, 3.8) is 0 Å². The fourth-order valence-corrected chi connectivity index (χ4v) is 3.60. The molecule has 0 saturated carbocycles. The molecular weight excluding hydrogens is 397 g/mol. The molecule has 0 aliphatic rings. The van der Waals surface area contributed by atoms with Gasteiger partial charge in [-0.1, -0.05) is 22.0 Å². The van der Waals surface area contributed by atoms with E-state index in [1.165, 1.54) is 12.1 Å². The highest BCUT2D eigenvalue weighted by molar-refractivity contribution is 9.10. The van der Waals surface area contributed by atoms with Crippen molar-refractivity contribution >= 4 is 26.7 Å². The number of methoxy groups -OCH3 is 1. The second-order valence-electron chi connectivity index (χ2n) is 6.22. The number of fused-ring (bicyclic) bond motifs is 1. The summed E-state index contributed by atoms with van der Waals surface area (Å²) in [4.78, 5) is 7.78. The van der Waals surface area contributed by atoms with Crippen LogP contribution in [0.3, 0.4) is 0 Å². The van der Waals surface area contributed by atoms with Gasteiger partial charge in [0, 0.05) is 39.7 Å². The summed E-state index contributed by atoms with van der Waals surface area (Å²) >= 11 is 3.51. The van der Waals surface area contributed by atoms with Crippen LogP contribution in [0.15, 0.2) is 59.5 Å². The highest BCUT2D eigenvalue weighted by atomic mass is 79.9. The summed E-state index contributed by atoms with van der Waals surface area (Å²) in [5.74, 6) is 1.03. The number of hydrogen-bond donors (Lipinski definition) is 1. The Labute approximate surface area is 158 Å². The monoisotopic (exact) mass is 413 g/mol. The molecule has 0 amide bonds. The number of nitrogens with zero attached hydrogens (tertiary/aromatic N) is 2. The molecule has 0 spiro atoms. The van der Waals surface area contributed by atoms with E-state index in [2.05, 4.69) is 32.0 Å². The Hall–Kier alpha value is -2.60. The molecular formula is C20H17BrFN3O. The molecule has 2 heterocycles. The molecule has 0 aliphatic heterocycles. The number of aromatic nitrogens is 3. The minimum Gasteiger partial charge on any atom is -0.496 e. The van der Waals surface area contributed by atoms with Crippen molar-refractivity contribution < 1.29 is 9.13 Å². The Morgan fingerprint density at radius 3 is 2.69 bits per heavy atom. The SMILES string of the molecule is COc1ccc(F)cc1C(c1ncc(C)[nH]1)n1cc2ccc(Br)cc2c1. The average molecular weight is 414 g/mol. The van der Waals surface area contributed by atoms with E-state index in [0.717, 1.165) is 26.8 Å². The second kappa shape index (κ2) is 6.61. The van der Waals surface area contributed by atoms with Crippen LogP contribution in [0.2, 0.25) is 0 Å². The van der Waals surface area contributed by atoms with Crippen molar-refractivity contribution in [3.8, 4) is 5.75 Å². The summed E-state index contributed by atoms with van der Waals surface area (Å²) in [6.45, 7) is 1.94. The molecule has 0 radical (unpaired) electrons. The molecule has 1 N–H and O–H groups in total. The minimum atomic E-state index is -0.333. The first kappa shape index (κ1) is 16.8. The Morgan fingerprint density at radius 1 is 1.15 bits per heavy atom. The van der Waals surface area contributed by atoms with Crippen molar-refractivity contribution in [2.75, 3.05) is 7.11 Å². The number of aromatic amines is 1. The maximum atomic E-state index is 14.0. The van der Waals surface area contributed by atoms with Crippen LogP contribution in [0.1, 0.15) is 23.1 Å². The topological polar surface area (TPSA) is 42.8 Å². The van der Waals surface area contributed by atoms with Crippen LogP contribution in [0.4, 0.5) is 4.39 Å². The molecule has 2 aromatic carbocycles. The number of rotatable bonds is 4. The van der Waals surface area contributed by atoms with Crippen LogP contribution in [0.5, 0.6) is 5.75 Å². The summed E-state index contributed by atoms with van der Waals surface area (Å²) in [6, 6.07) is 10.3. The van der Waals surface area contributed by atoms with E-state index in [0.29, 0.717) is 11.3 Å². The largest absolute Gasteiger partial charge is 0.496 e. The number of nitrogens with one attached hydrogen (secondary N) is 1. The van der Waals surface area contributed by atoms with E-state index in [1.54, 1.807) is 19.4 Å². The zero-order valence-corrected chi connectivity index (χ0v) is 15.9. The Balaban J connectivity index is 1.95. The van der Waals surface area contributed by atoms with Crippen LogP contribution < -0.4 is 4.74 Å². The summed E-state index contributed by atoms with van der Waals surface area (Å²) < 4.78 is 22.6. The van der Waals surface area contributed by atoms with Crippen molar-refractivity contribution in [1.82, 2.24) is 14.5 Å². The third-order valence-corrected chi connectivity index (χ3v) is 4.88. The van der Waals surface area contributed by atoms with E-state index in [-0.39, 0.29) is 11.9 Å². The van der Waals surface area contributed by atoms with E-state index >= 15 is 0 Å². The molecule has 132 valence electrons. The van der Waals surface area contributed by atoms with E-state index in [4.69, 9.17) is 4.74 Å². The molecule has 0 fully saturated rings. The number of imidazole rings is 1. The number of ether oxygens (including phenoxy) is 1.